The molecule has 3 heterocycles. The Morgan fingerprint density at radius 3 is 2.78 bits per heavy atom. The highest BCUT2D eigenvalue weighted by Crippen LogP contribution is 2.30. The van der Waals surface area contributed by atoms with Crippen molar-refractivity contribution in [1.29, 1.82) is 0 Å². The minimum Gasteiger partial charge on any atom is -0.350 e. The van der Waals surface area contributed by atoms with Gasteiger partial charge in [-0.3, -0.25) is 9.36 Å². The summed E-state index contributed by atoms with van der Waals surface area (Å²) < 4.78 is 1.98. The Labute approximate surface area is 188 Å². The van der Waals surface area contributed by atoms with Gasteiger partial charge in [-0.05, 0) is 70.8 Å². The smallest absolute Gasteiger partial charge is 0.251 e. The maximum atomic E-state index is 12.6. The van der Waals surface area contributed by atoms with E-state index in [9.17, 15) is 4.79 Å². The van der Waals surface area contributed by atoms with Crippen LogP contribution < -0.4 is 10.2 Å². The molecule has 3 aromatic rings. The van der Waals surface area contributed by atoms with Gasteiger partial charge in [0.15, 0.2) is 17.0 Å². The number of aryl methyl sites for hydroxylation is 1. The van der Waals surface area contributed by atoms with E-state index >= 15 is 0 Å². The Kier molecular flexibility index (Phi) is 5.55. The van der Waals surface area contributed by atoms with E-state index in [0.717, 1.165) is 67.0 Å². The molecule has 1 aromatic carbocycles. The largest absolute Gasteiger partial charge is 0.350 e. The first-order valence-corrected chi connectivity index (χ1v) is 11.5. The molecule has 1 aliphatic carbocycles. The van der Waals surface area contributed by atoms with Crippen molar-refractivity contribution in [2.75, 3.05) is 32.1 Å². The number of fused-ring (bicyclic) bond motifs is 1. The van der Waals surface area contributed by atoms with Gasteiger partial charge in [-0.15, -0.1) is 0 Å². The van der Waals surface area contributed by atoms with Gasteiger partial charge in [-0.2, -0.15) is 0 Å². The molecule has 0 bridgehead atoms. The van der Waals surface area contributed by atoms with Crippen LogP contribution in [0, 0.1) is 6.92 Å². The van der Waals surface area contributed by atoms with Gasteiger partial charge >= 0.3 is 0 Å². The molecule has 2 aliphatic rings. The van der Waals surface area contributed by atoms with E-state index in [-0.39, 0.29) is 5.91 Å². The van der Waals surface area contributed by atoms with E-state index in [1.54, 1.807) is 12.7 Å². The highest BCUT2D eigenvalue weighted by Gasteiger charge is 2.27. The van der Waals surface area contributed by atoms with E-state index < -0.39 is 0 Å². The summed E-state index contributed by atoms with van der Waals surface area (Å²) in [6.45, 7) is 4.01. The SMILES string of the molecule is Cc1ccc(C(=O)NC2CC2)cc1-n1cnc2c(N3CCCCC3CN(C)C)ncnc21. The van der Waals surface area contributed by atoms with Crippen molar-refractivity contribution in [3.63, 3.8) is 0 Å². The van der Waals surface area contributed by atoms with Gasteiger partial charge in [0, 0.05) is 30.7 Å². The minimum absolute atomic E-state index is 0.0201. The number of nitrogens with one attached hydrogen (secondary N) is 1. The predicted molar refractivity (Wildman–Crippen MR) is 125 cm³/mol. The molecule has 1 unspecified atom stereocenters. The van der Waals surface area contributed by atoms with Gasteiger partial charge in [0.05, 0.1) is 5.69 Å². The molecular weight excluding hydrogens is 402 g/mol. The van der Waals surface area contributed by atoms with Crippen LogP contribution in [0.15, 0.2) is 30.9 Å². The van der Waals surface area contributed by atoms with Crippen LogP contribution in [0.25, 0.3) is 16.9 Å². The number of carbonyl (C=O) groups excluding carboxylic acids is 1. The summed E-state index contributed by atoms with van der Waals surface area (Å²) >= 11 is 0. The zero-order chi connectivity index (χ0) is 22.2. The number of piperidine rings is 1. The van der Waals surface area contributed by atoms with Crippen molar-refractivity contribution in [1.82, 2.24) is 29.7 Å². The number of nitrogens with zero attached hydrogens (tertiary/aromatic N) is 6. The molecule has 0 spiro atoms. The Morgan fingerprint density at radius 1 is 1.16 bits per heavy atom. The summed E-state index contributed by atoms with van der Waals surface area (Å²) in [5.74, 6) is 0.883. The lowest BCUT2D eigenvalue weighted by Crippen LogP contribution is -2.45. The molecule has 8 nitrogen and oxygen atoms in total. The number of aromatic nitrogens is 4. The van der Waals surface area contributed by atoms with Crippen molar-refractivity contribution >= 4 is 22.9 Å². The monoisotopic (exact) mass is 433 g/mol. The Morgan fingerprint density at radius 2 is 2.00 bits per heavy atom. The van der Waals surface area contributed by atoms with Gasteiger partial charge in [0.2, 0.25) is 0 Å². The molecule has 1 N–H and O–H groups in total. The Bertz CT molecular complexity index is 1130. The number of amides is 1. The quantitative estimate of drug-likeness (QED) is 0.644. The summed E-state index contributed by atoms with van der Waals surface area (Å²) in [6.07, 6.45) is 9.14. The van der Waals surface area contributed by atoms with Crippen molar-refractivity contribution in [3.05, 3.63) is 42.0 Å². The number of anilines is 1. The second-order valence-electron chi connectivity index (χ2n) is 9.34. The fourth-order valence-electron chi connectivity index (χ4n) is 4.61. The Hall–Kier alpha value is -3.00. The summed E-state index contributed by atoms with van der Waals surface area (Å²) in [5.41, 5.74) is 4.23. The summed E-state index contributed by atoms with van der Waals surface area (Å²) in [7, 11) is 4.23. The fraction of sp³-hybridized carbons (Fsp3) is 0.500. The molecule has 0 radical (unpaired) electrons. The summed E-state index contributed by atoms with van der Waals surface area (Å²) in [4.78, 5) is 31.2. The van der Waals surface area contributed by atoms with Gasteiger partial charge in [0.25, 0.3) is 5.91 Å². The molecule has 1 saturated carbocycles. The first-order chi connectivity index (χ1) is 15.5. The lowest BCUT2D eigenvalue weighted by molar-refractivity contribution is 0.0951. The predicted octanol–water partition coefficient (Wildman–Crippen LogP) is 2.94. The Balaban J connectivity index is 1.52. The zero-order valence-electron chi connectivity index (χ0n) is 19.1. The number of hydrogen-bond donors (Lipinski definition) is 1. The number of imidazole rings is 1. The van der Waals surface area contributed by atoms with Gasteiger partial charge < -0.3 is 15.1 Å². The minimum atomic E-state index is -0.0201. The lowest BCUT2D eigenvalue weighted by atomic mass is 10.0. The van der Waals surface area contributed by atoms with Crippen LogP contribution >= 0.6 is 0 Å². The van der Waals surface area contributed by atoms with Crippen LogP contribution in [0.3, 0.4) is 0 Å². The third-order valence-corrected chi connectivity index (χ3v) is 6.43. The first kappa shape index (κ1) is 20.9. The number of hydrogen-bond acceptors (Lipinski definition) is 6. The molecule has 1 aliphatic heterocycles. The third kappa shape index (κ3) is 4.07. The number of benzene rings is 1. The molecule has 8 heteroatoms. The van der Waals surface area contributed by atoms with E-state index in [0.29, 0.717) is 17.6 Å². The van der Waals surface area contributed by atoms with Gasteiger partial charge in [-0.1, -0.05) is 6.07 Å². The topological polar surface area (TPSA) is 79.2 Å². The molecule has 1 saturated heterocycles. The fourth-order valence-corrected chi connectivity index (χ4v) is 4.61. The molecule has 2 fully saturated rings. The number of carbonyl (C=O) groups is 1. The molecule has 1 atom stereocenters. The van der Waals surface area contributed by atoms with Crippen molar-refractivity contribution in [3.8, 4) is 5.69 Å². The van der Waals surface area contributed by atoms with Crippen LogP contribution in [0.4, 0.5) is 5.82 Å². The highest BCUT2D eigenvalue weighted by molar-refractivity contribution is 5.95. The van der Waals surface area contributed by atoms with Crippen molar-refractivity contribution in [2.45, 2.75) is 51.1 Å². The van der Waals surface area contributed by atoms with Crippen LogP contribution in [-0.2, 0) is 0 Å². The van der Waals surface area contributed by atoms with Crippen LogP contribution in [0.5, 0.6) is 0 Å². The third-order valence-electron chi connectivity index (χ3n) is 6.43. The van der Waals surface area contributed by atoms with Crippen LogP contribution in [0.2, 0.25) is 0 Å². The average Bonchev–Trinajstić information content (AvgIpc) is 3.49. The lowest BCUT2D eigenvalue weighted by Gasteiger charge is -2.38. The van der Waals surface area contributed by atoms with Crippen molar-refractivity contribution in [2.24, 2.45) is 0 Å². The molecule has 2 aromatic heterocycles. The molecule has 168 valence electrons. The zero-order valence-corrected chi connectivity index (χ0v) is 19.1. The molecular formula is C24H31N7O. The summed E-state index contributed by atoms with van der Waals surface area (Å²) in [5, 5.41) is 3.07. The van der Waals surface area contributed by atoms with Gasteiger partial charge in [-0.25, -0.2) is 15.0 Å². The van der Waals surface area contributed by atoms with E-state index in [1.165, 1.54) is 6.42 Å². The van der Waals surface area contributed by atoms with Crippen LogP contribution in [-0.4, -0.2) is 69.6 Å². The van der Waals surface area contributed by atoms with Gasteiger partial charge in [0.1, 0.15) is 12.7 Å². The van der Waals surface area contributed by atoms with E-state index in [4.69, 9.17) is 4.98 Å². The maximum absolute atomic E-state index is 12.6. The highest BCUT2D eigenvalue weighted by atomic mass is 16.1. The summed E-state index contributed by atoms with van der Waals surface area (Å²) in [6, 6.07) is 6.55. The molecule has 5 rings (SSSR count). The molecule has 1 amide bonds. The standard InChI is InChI=1S/C24H31N7O/c1-16-7-8-17(24(32)28-18-9-10-18)12-20(16)31-15-27-21-22(25-14-26-23(21)31)30-11-5-4-6-19(30)13-29(2)3/h7-8,12,14-15,18-19H,4-6,9-11,13H2,1-3H3,(H,28,32). The van der Waals surface area contributed by atoms with E-state index in [1.807, 2.05) is 29.7 Å². The maximum Gasteiger partial charge on any atom is 0.251 e. The normalized spacial score (nSPS) is 19.0. The number of rotatable bonds is 6. The average molecular weight is 434 g/mol. The van der Waals surface area contributed by atoms with Crippen LogP contribution in [0.1, 0.15) is 48.0 Å². The first-order valence-electron chi connectivity index (χ1n) is 11.5. The molecule has 32 heavy (non-hydrogen) atoms. The van der Waals surface area contributed by atoms with E-state index in [2.05, 4.69) is 39.2 Å². The number of likely N-dealkylation sites (N-methyl/N-ethyl adjacent to an activating group) is 1. The second kappa shape index (κ2) is 8.50. The second-order valence-corrected chi connectivity index (χ2v) is 9.34. The van der Waals surface area contributed by atoms with Crippen molar-refractivity contribution < 1.29 is 4.79 Å².